The van der Waals surface area contributed by atoms with Crippen LogP contribution in [0.25, 0.3) is 0 Å². The Morgan fingerprint density at radius 3 is 2.61 bits per heavy atom. The molecule has 2 unspecified atom stereocenters. The van der Waals surface area contributed by atoms with E-state index in [9.17, 15) is 14.3 Å². The number of alkyl halides is 1. The lowest BCUT2D eigenvalue weighted by Gasteiger charge is -2.60. The van der Waals surface area contributed by atoms with E-state index in [1.165, 1.54) is 37.5 Å². The number of phenolic OH excluding ortho intramolecular Hbond substituents is 1. The molecule has 0 spiro atoms. The van der Waals surface area contributed by atoms with Gasteiger partial charge in [0.2, 0.25) is 5.91 Å². The van der Waals surface area contributed by atoms with Gasteiger partial charge in [0.1, 0.15) is 11.4 Å². The zero-order chi connectivity index (χ0) is 16.2. The topological polar surface area (TPSA) is 49.3 Å². The quantitative estimate of drug-likeness (QED) is 0.593. The second-order valence-corrected chi connectivity index (χ2v) is 9.65. The van der Waals surface area contributed by atoms with Crippen LogP contribution in [0.2, 0.25) is 0 Å². The monoisotopic (exact) mass is 381 g/mol. The molecule has 4 saturated carbocycles. The number of benzene rings is 1. The summed E-state index contributed by atoms with van der Waals surface area (Å²) in [6.45, 7) is 0. The zero-order valence-electron chi connectivity index (χ0n) is 12.9. The molecule has 0 aliphatic heterocycles. The molecule has 2 atom stereocenters. The van der Waals surface area contributed by atoms with E-state index in [0.29, 0.717) is 18.3 Å². The minimum absolute atomic E-state index is 0.0402. The van der Waals surface area contributed by atoms with E-state index in [-0.39, 0.29) is 27.1 Å². The Kier molecular flexibility index (Phi) is 3.49. The number of rotatable bonds is 3. The van der Waals surface area contributed by atoms with Gasteiger partial charge in [0.15, 0.2) is 5.82 Å². The van der Waals surface area contributed by atoms with Gasteiger partial charge in [0, 0.05) is 10.7 Å². The summed E-state index contributed by atoms with van der Waals surface area (Å²) >= 11 is 3.94. The van der Waals surface area contributed by atoms with Crippen molar-refractivity contribution in [2.75, 3.05) is 5.32 Å². The van der Waals surface area contributed by atoms with Crippen LogP contribution in [0, 0.1) is 23.1 Å². The van der Waals surface area contributed by atoms with Crippen molar-refractivity contribution in [1.29, 1.82) is 0 Å². The molecule has 2 N–H and O–H groups in total. The van der Waals surface area contributed by atoms with Crippen molar-refractivity contribution in [3.63, 3.8) is 0 Å². The third-order valence-electron chi connectivity index (χ3n) is 5.90. The molecule has 23 heavy (non-hydrogen) atoms. The van der Waals surface area contributed by atoms with Crippen LogP contribution in [0.4, 0.5) is 10.1 Å². The standard InChI is InChI=1S/C18H21BrFNO2/c19-18-7-11-4-12(8-18)6-17(5-11,10-18)9-15(23)21-16-13(20)2-1-3-14(16)22/h1-3,11-12,22H,4-10H2,(H,21,23). The lowest BCUT2D eigenvalue weighted by molar-refractivity contribution is -0.123. The second-order valence-electron chi connectivity index (χ2n) is 7.97. The van der Waals surface area contributed by atoms with Gasteiger partial charge < -0.3 is 10.4 Å². The van der Waals surface area contributed by atoms with Gasteiger partial charge >= 0.3 is 0 Å². The molecule has 0 saturated heterocycles. The van der Waals surface area contributed by atoms with E-state index in [4.69, 9.17) is 0 Å². The predicted molar refractivity (Wildman–Crippen MR) is 90.1 cm³/mol. The average Bonchev–Trinajstić information content (AvgIpc) is 2.39. The zero-order valence-corrected chi connectivity index (χ0v) is 14.5. The van der Waals surface area contributed by atoms with Gasteiger partial charge in [-0.2, -0.15) is 0 Å². The number of anilines is 1. The molecule has 4 bridgehead atoms. The number of phenols is 1. The van der Waals surface area contributed by atoms with Gasteiger partial charge in [-0.25, -0.2) is 4.39 Å². The Bertz CT molecular complexity index is 628. The van der Waals surface area contributed by atoms with Crippen molar-refractivity contribution in [2.45, 2.75) is 49.3 Å². The van der Waals surface area contributed by atoms with Gasteiger partial charge in [-0.05, 0) is 67.9 Å². The first kappa shape index (κ1) is 15.4. The number of carbonyl (C=O) groups is 1. The highest BCUT2D eigenvalue weighted by atomic mass is 79.9. The van der Waals surface area contributed by atoms with Crippen LogP contribution in [0.1, 0.15) is 44.9 Å². The number of amides is 1. The number of nitrogens with one attached hydrogen (secondary N) is 1. The Balaban J connectivity index is 1.51. The SMILES string of the molecule is O=C(CC12CC3CC(CC(Br)(C3)C1)C2)Nc1c(O)cccc1F. The number of hydrogen-bond acceptors (Lipinski definition) is 2. The van der Waals surface area contributed by atoms with Gasteiger partial charge in [-0.1, -0.05) is 22.0 Å². The van der Waals surface area contributed by atoms with Gasteiger partial charge in [0.25, 0.3) is 0 Å². The van der Waals surface area contributed by atoms with Crippen molar-refractivity contribution < 1.29 is 14.3 Å². The Morgan fingerprint density at radius 1 is 1.30 bits per heavy atom. The molecule has 0 aromatic heterocycles. The predicted octanol–water partition coefficient (Wildman–Crippen LogP) is 4.59. The van der Waals surface area contributed by atoms with Crippen LogP contribution in [0.5, 0.6) is 5.75 Å². The molecule has 1 aromatic rings. The maximum atomic E-state index is 13.8. The fraction of sp³-hybridized carbons (Fsp3) is 0.611. The highest BCUT2D eigenvalue weighted by Gasteiger charge is 2.57. The molecule has 4 aliphatic rings. The molecule has 0 heterocycles. The molecule has 5 rings (SSSR count). The Hall–Kier alpha value is -1.10. The lowest BCUT2D eigenvalue weighted by atomic mass is 9.48. The smallest absolute Gasteiger partial charge is 0.225 e. The van der Waals surface area contributed by atoms with Crippen LogP contribution in [0.15, 0.2) is 18.2 Å². The van der Waals surface area contributed by atoms with Gasteiger partial charge in [-0.15, -0.1) is 0 Å². The molecule has 1 amide bonds. The molecule has 0 radical (unpaired) electrons. The maximum Gasteiger partial charge on any atom is 0.225 e. The minimum Gasteiger partial charge on any atom is -0.506 e. The summed E-state index contributed by atoms with van der Waals surface area (Å²) in [5.74, 6) is 0.417. The van der Waals surface area contributed by atoms with Crippen molar-refractivity contribution in [2.24, 2.45) is 17.3 Å². The number of carbonyl (C=O) groups excluding carboxylic acids is 1. The summed E-state index contributed by atoms with van der Waals surface area (Å²) in [6, 6.07) is 4.05. The van der Waals surface area contributed by atoms with E-state index < -0.39 is 5.82 Å². The number of halogens is 2. The second kappa shape index (κ2) is 5.20. The third-order valence-corrected chi connectivity index (χ3v) is 6.83. The highest BCUT2D eigenvalue weighted by molar-refractivity contribution is 9.10. The summed E-state index contributed by atoms with van der Waals surface area (Å²) in [7, 11) is 0. The summed E-state index contributed by atoms with van der Waals surface area (Å²) in [6.07, 6.45) is 7.40. The van der Waals surface area contributed by atoms with Crippen molar-refractivity contribution in [3.05, 3.63) is 24.0 Å². The lowest BCUT2D eigenvalue weighted by Crippen LogP contribution is -2.53. The summed E-state index contributed by atoms with van der Waals surface area (Å²) in [4.78, 5) is 12.5. The van der Waals surface area contributed by atoms with E-state index in [2.05, 4.69) is 21.2 Å². The van der Waals surface area contributed by atoms with E-state index in [1.54, 1.807) is 0 Å². The fourth-order valence-corrected chi connectivity index (χ4v) is 7.21. The van der Waals surface area contributed by atoms with Crippen LogP contribution < -0.4 is 5.32 Å². The van der Waals surface area contributed by atoms with Crippen molar-refractivity contribution in [3.8, 4) is 5.75 Å². The maximum absolute atomic E-state index is 13.8. The van der Waals surface area contributed by atoms with Crippen molar-refractivity contribution in [1.82, 2.24) is 0 Å². The molecular weight excluding hydrogens is 361 g/mol. The number of hydrogen-bond donors (Lipinski definition) is 2. The summed E-state index contributed by atoms with van der Waals surface area (Å²) < 4.78 is 14.0. The first-order chi connectivity index (χ1) is 10.9. The Morgan fingerprint density at radius 2 is 2.00 bits per heavy atom. The highest BCUT2D eigenvalue weighted by Crippen LogP contribution is 2.65. The summed E-state index contributed by atoms with van der Waals surface area (Å²) in [5, 5.41) is 12.3. The van der Waals surface area contributed by atoms with Crippen LogP contribution in [-0.4, -0.2) is 15.3 Å². The third kappa shape index (κ3) is 2.77. The summed E-state index contributed by atoms with van der Waals surface area (Å²) in [5.41, 5.74) is -0.0609. The first-order valence-corrected chi connectivity index (χ1v) is 9.12. The van der Waals surface area contributed by atoms with Crippen LogP contribution in [0.3, 0.4) is 0 Å². The molecule has 3 nitrogen and oxygen atoms in total. The van der Waals surface area contributed by atoms with Crippen LogP contribution in [-0.2, 0) is 4.79 Å². The molecular formula is C18H21BrFNO2. The van der Waals surface area contributed by atoms with Crippen LogP contribution >= 0.6 is 15.9 Å². The molecule has 4 fully saturated rings. The molecule has 5 heteroatoms. The largest absolute Gasteiger partial charge is 0.506 e. The van der Waals surface area contributed by atoms with E-state index in [0.717, 1.165) is 19.3 Å². The average molecular weight is 382 g/mol. The Labute approximate surface area is 143 Å². The first-order valence-electron chi connectivity index (χ1n) is 8.33. The number of para-hydroxylation sites is 1. The van der Waals surface area contributed by atoms with E-state index >= 15 is 0 Å². The van der Waals surface area contributed by atoms with Gasteiger partial charge in [-0.3, -0.25) is 4.79 Å². The number of aromatic hydroxyl groups is 1. The molecule has 124 valence electrons. The molecule has 1 aromatic carbocycles. The van der Waals surface area contributed by atoms with Gasteiger partial charge in [0.05, 0.1) is 0 Å². The fourth-order valence-electron chi connectivity index (χ4n) is 5.70. The van der Waals surface area contributed by atoms with Crippen molar-refractivity contribution >= 4 is 27.5 Å². The normalized spacial score (nSPS) is 37.8. The van der Waals surface area contributed by atoms with E-state index in [1.807, 2.05) is 0 Å². The minimum atomic E-state index is -0.596. The molecule has 4 aliphatic carbocycles.